The molecular formula is C9H15N3O. The number of nitrogens with one attached hydrogen (secondary N) is 1. The summed E-state index contributed by atoms with van der Waals surface area (Å²) in [5.41, 5.74) is 0. The summed E-state index contributed by atoms with van der Waals surface area (Å²) < 4.78 is 4.97. The van der Waals surface area contributed by atoms with Crippen LogP contribution in [0.25, 0.3) is 0 Å². The highest BCUT2D eigenvalue weighted by Gasteiger charge is 2.20. The number of hydrogen-bond acceptors (Lipinski definition) is 3. The number of aromatic nitrogens is 3. The van der Waals surface area contributed by atoms with Crippen LogP contribution in [0.4, 0.5) is 0 Å². The van der Waals surface area contributed by atoms with Crippen LogP contribution in [0.15, 0.2) is 0 Å². The Hall–Kier alpha value is -0.900. The number of hydrogen-bond donors (Lipinski definition) is 1. The third-order valence-electron chi connectivity index (χ3n) is 2.55. The van der Waals surface area contributed by atoms with E-state index in [1.54, 1.807) is 7.11 Å². The monoisotopic (exact) mass is 181 g/mol. The summed E-state index contributed by atoms with van der Waals surface area (Å²) in [6, 6.07) is 0. The summed E-state index contributed by atoms with van der Waals surface area (Å²) in [5, 5.41) is 7.10. The van der Waals surface area contributed by atoms with E-state index in [0.717, 1.165) is 11.6 Å². The van der Waals surface area contributed by atoms with Gasteiger partial charge < -0.3 is 4.74 Å². The molecule has 0 atom stereocenters. The molecule has 1 aliphatic rings. The molecule has 0 bridgehead atoms. The van der Waals surface area contributed by atoms with Gasteiger partial charge in [-0.05, 0) is 12.8 Å². The lowest BCUT2D eigenvalue weighted by Gasteiger charge is -2.00. The van der Waals surface area contributed by atoms with Crippen molar-refractivity contribution in [2.24, 2.45) is 0 Å². The standard InChI is InChI=1S/C9H15N3O/c1-13-6-8-10-9(12-11-8)7-4-2-3-5-7/h7H,2-6H2,1H3,(H,10,11,12). The minimum Gasteiger partial charge on any atom is -0.377 e. The Labute approximate surface area is 77.7 Å². The maximum absolute atomic E-state index is 4.97. The van der Waals surface area contributed by atoms with Gasteiger partial charge in [-0.1, -0.05) is 12.8 Å². The molecule has 1 N–H and O–H groups in total. The number of H-pyrrole nitrogens is 1. The van der Waals surface area contributed by atoms with Crippen molar-refractivity contribution in [3.8, 4) is 0 Å². The first-order valence-corrected chi connectivity index (χ1v) is 4.80. The van der Waals surface area contributed by atoms with Crippen molar-refractivity contribution in [2.45, 2.75) is 38.2 Å². The molecule has 1 saturated carbocycles. The van der Waals surface area contributed by atoms with Gasteiger partial charge in [-0.15, -0.1) is 0 Å². The predicted octanol–water partition coefficient (Wildman–Crippen LogP) is 1.61. The fourth-order valence-corrected chi connectivity index (χ4v) is 1.88. The van der Waals surface area contributed by atoms with Gasteiger partial charge in [0.05, 0.1) is 0 Å². The van der Waals surface area contributed by atoms with Crippen LogP contribution in [-0.2, 0) is 11.3 Å². The molecule has 13 heavy (non-hydrogen) atoms. The van der Waals surface area contributed by atoms with E-state index >= 15 is 0 Å². The summed E-state index contributed by atoms with van der Waals surface area (Å²) in [6.45, 7) is 0.528. The topological polar surface area (TPSA) is 50.8 Å². The molecule has 0 spiro atoms. The second-order valence-electron chi connectivity index (χ2n) is 3.55. The van der Waals surface area contributed by atoms with Crippen LogP contribution in [0.5, 0.6) is 0 Å². The van der Waals surface area contributed by atoms with E-state index < -0.39 is 0 Å². The molecule has 1 aliphatic carbocycles. The number of methoxy groups -OCH3 is 1. The minimum atomic E-state index is 0.528. The van der Waals surface area contributed by atoms with Gasteiger partial charge in [-0.25, -0.2) is 4.98 Å². The van der Waals surface area contributed by atoms with Crippen LogP contribution in [0.3, 0.4) is 0 Å². The number of aromatic amines is 1. The smallest absolute Gasteiger partial charge is 0.153 e. The summed E-state index contributed by atoms with van der Waals surface area (Å²) in [4.78, 5) is 4.39. The average Bonchev–Trinajstić information content (AvgIpc) is 2.70. The molecular weight excluding hydrogens is 166 g/mol. The molecule has 1 aromatic rings. The molecule has 0 aromatic carbocycles. The molecule has 0 aliphatic heterocycles. The van der Waals surface area contributed by atoms with Gasteiger partial charge >= 0.3 is 0 Å². The zero-order chi connectivity index (χ0) is 9.10. The summed E-state index contributed by atoms with van der Waals surface area (Å²) in [6.07, 6.45) is 5.12. The summed E-state index contributed by atoms with van der Waals surface area (Å²) in [7, 11) is 1.66. The van der Waals surface area contributed by atoms with Gasteiger partial charge in [0, 0.05) is 13.0 Å². The lowest BCUT2D eigenvalue weighted by molar-refractivity contribution is 0.178. The van der Waals surface area contributed by atoms with E-state index in [-0.39, 0.29) is 0 Å². The van der Waals surface area contributed by atoms with Crippen LogP contribution >= 0.6 is 0 Å². The molecule has 1 heterocycles. The maximum Gasteiger partial charge on any atom is 0.153 e. The van der Waals surface area contributed by atoms with E-state index in [2.05, 4.69) is 15.2 Å². The first-order chi connectivity index (χ1) is 6.40. The molecule has 2 rings (SSSR count). The van der Waals surface area contributed by atoms with E-state index in [1.165, 1.54) is 25.7 Å². The van der Waals surface area contributed by atoms with Crippen molar-refractivity contribution in [1.82, 2.24) is 15.2 Å². The third-order valence-corrected chi connectivity index (χ3v) is 2.55. The van der Waals surface area contributed by atoms with E-state index in [0.29, 0.717) is 12.5 Å². The van der Waals surface area contributed by atoms with E-state index in [4.69, 9.17) is 4.74 Å². The van der Waals surface area contributed by atoms with Crippen LogP contribution in [0, 0.1) is 0 Å². The van der Waals surface area contributed by atoms with Crippen molar-refractivity contribution in [2.75, 3.05) is 7.11 Å². The van der Waals surface area contributed by atoms with Gasteiger partial charge in [0.15, 0.2) is 11.6 Å². The summed E-state index contributed by atoms with van der Waals surface area (Å²) >= 11 is 0. The zero-order valence-electron chi connectivity index (χ0n) is 7.92. The molecule has 1 fully saturated rings. The van der Waals surface area contributed by atoms with Crippen molar-refractivity contribution in [3.05, 3.63) is 11.6 Å². The Bertz CT molecular complexity index is 266. The van der Waals surface area contributed by atoms with E-state index in [1.807, 2.05) is 0 Å². The highest BCUT2D eigenvalue weighted by molar-refractivity contribution is 4.99. The molecule has 4 heteroatoms. The first kappa shape index (κ1) is 8.69. The largest absolute Gasteiger partial charge is 0.377 e. The molecule has 0 amide bonds. The van der Waals surface area contributed by atoms with Crippen LogP contribution < -0.4 is 0 Å². The third kappa shape index (κ3) is 1.88. The maximum atomic E-state index is 4.97. The fourth-order valence-electron chi connectivity index (χ4n) is 1.88. The summed E-state index contributed by atoms with van der Waals surface area (Å²) in [5.74, 6) is 2.40. The van der Waals surface area contributed by atoms with Crippen molar-refractivity contribution in [3.63, 3.8) is 0 Å². The number of ether oxygens (including phenoxy) is 1. The SMILES string of the molecule is COCc1nc(C2CCCC2)n[nH]1. The minimum absolute atomic E-state index is 0.528. The Morgan fingerprint density at radius 2 is 2.23 bits per heavy atom. The molecule has 0 unspecified atom stereocenters. The second kappa shape index (κ2) is 3.87. The first-order valence-electron chi connectivity index (χ1n) is 4.80. The van der Waals surface area contributed by atoms with Gasteiger partial charge in [-0.2, -0.15) is 5.10 Å². The van der Waals surface area contributed by atoms with Gasteiger partial charge in [0.2, 0.25) is 0 Å². The van der Waals surface area contributed by atoms with Crippen molar-refractivity contribution in [1.29, 1.82) is 0 Å². The van der Waals surface area contributed by atoms with Gasteiger partial charge in [0.25, 0.3) is 0 Å². The molecule has 1 aromatic heterocycles. The van der Waals surface area contributed by atoms with E-state index in [9.17, 15) is 0 Å². The van der Waals surface area contributed by atoms with Gasteiger partial charge in [-0.3, -0.25) is 5.10 Å². The fraction of sp³-hybridized carbons (Fsp3) is 0.778. The highest BCUT2D eigenvalue weighted by atomic mass is 16.5. The van der Waals surface area contributed by atoms with Crippen molar-refractivity contribution >= 4 is 0 Å². The Balaban J connectivity index is 2.03. The highest BCUT2D eigenvalue weighted by Crippen LogP contribution is 2.31. The molecule has 72 valence electrons. The molecule has 0 radical (unpaired) electrons. The second-order valence-corrected chi connectivity index (χ2v) is 3.55. The Kier molecular flexibility index (Phi) is 2.59. The van der Waals surface area contributed by atoms with Crippen LogP contribution in [0.2, 0.25) is 0 Å². The zero-order valence-corrected chi connectivity index (χ0v) is 7.92. The Morgan fingerprint density at radius 3 is 2.92 bits per heavy atom. The molecule has 0 saturated heterocycles. The van der Waals surface area contributed by atoms with Crippen LogP contribution in [-0.4, -0.2) is 22.3 Å². The van der Waals surface area contributed by atoms with Crippen molar-refractivity contribution < 1.29 is 4.74 Å². The van der Waals surface area contributed by atoms with Gasteiger partial charge in [0.1, 0.15) is 6.61 Å². The normalized spacial score (nSPS) is 18.2. The molecule has 4 nitrogen and oxygen atoms in total. The lowest BCUT2D eigenvalue weighted by Crippen LogP contribution is -1.95. The number of nitrogens with zero attached hydrogens (tertiary/aromatic N) is 2. The average molecular weight is 181 g/mol. The Morgan fingerprint density at radius 1 is 1.46 bits per heavy atom. The van der Waals surface area contributed by atoms with Crippen LogP contribution in [0.1, 0.15) is 43.3 Å². The lowest BCUT2D eigenvalue weighted by atomic mass is 10.1. The quantitative estimate of drug-likeness (QED) is 0.770. The predicted molar refractivity (Wildman–Crippen MR) is 48.3 cm³/mol. The number of rotatable bonds is 3.